The molecule has 0 aromatic carbocycles. The first kappa shape index (κ1) is 16.9. The molecule has 0 spiro atoms. The molecule has 2 saturated heterocycles. The molecule has 2 fully saturated rings. The quantitative estimate of drug-likeness (QED) is 0.867. The van der Waals surface area contributed by atoms with E-state index in [0.29, 0.717) is 30.5 Å². The Morgan fingerprint density at radius 1 is 1.39 bits per heavy atom. The lowest BCUT2D eigenvalue weighted by atomic mass is 10.0. The topological polar surface area (TPSA) is 75.7 Å². The number of thiophene rings is 1. The van der Waals surface area contributed by atoms with Gasteiger partial charge >= 0.3 is 0 Å². The molecule has 0 radical (unpaired) electrons. The fraction of sp³-hybridized carbons (Fsp3) is 0.667. The molecule has 2 unspecified atom stereocenters. The Bertz CT molecular complexity index is 665. The molecule has 23 heavy (non-hydrogen) atoms. The van der Waals surface area contributed by atoms with E-state index in [4.69, 9.17) is 4.74 Å². The average Bonchev–Trinajstić information content (AvgIpc) is 3.25. The lowest BCUT2D eigenvalue weighted by Gasteiger charge is -2.14. The van der Waals surface area contributed by atoms with Crippen LogP contribution in [0.15, 0.2) is 16.3 Å². The minimum Gasteiger partial charge on any atom is -0.378 e. The van der Waals surface area contributed by atoms with Gasteiger partial charge in [0.1, 0.15) is 4.21 Å². The zero-order chi connectivity index (χ0) is 16.4. The molecule has 3 rings (SSSR count). The maximum atomic E-state index is 12.5. The van der Waals surface area contributed by atoms with Gasteiger partial charge in [-0.15, -0.1) is 11.3 Å². The summed E-state index contributed by atoms with van der Waals surface area (Å²) >= 11 is 1.24. The summed E-state index contributed by atoms with van der Waals surface area (Å²) in [6.45, 7) is 4.10. The third-order valence-corrected chi connectivity index (χ3v) is 7.90. The number of ether oxygens (including phenoxy) is 1. The SMILES string of the molecule is CC1OCCC1C(=O)NCc1ccc(S(=O)(=O)N2CCCC2)s1. The number of nitrogens with one attached hydrogen (secondary N) is 1. The fourth-order valence-electron chi connectivity index (χ4n) is 3.03. The Labute approximate surface area is 140 Å². The van der Waals surface area contributed by atoms with E-state index >= 15 is 0 Å². The first-order valence-corrected chi connectivity index (χ1v) is 10.2. The van der Waals surface area contributed by atoms with Gasteiger partial charge in [0.15, 0.2) is 0 Å². The Morgan fingerprint density at radius 3 is 2.78 bits per heavy atom. The minimum absolute atomic E-state index is 0.0210. The summed E-state index contributed by atoms with van der Waals surface area (Å²) in [7, 11) is -3.36. The molecule has 8 heteroatoms. The summed E-state index contributed by atoms with van der Waals surface area (Å²) in [5.74, 6) is -0.130. The number of hydrogen-bond acceptors (Lipinski definition) is 5. The largest absolute Gasteiger partial charge is 0.378 e. The molecular weight excluding hydrogens is 336 g/mol. The third kappa shape index (κ3) is 3.60. The minimum atomic E-state index is -3.36. The fourth-order valence-corrected chi connectivity index (χ4v) is 6.00. The van der Waals surface area contributed by atoms with Crippen LogP contribution in [0, 0.1) is 5.92 Å². The van der Waals surface area contributed by atoms with Crippen LogP contribution < -0.4 is 5.32 Å². The lowest BCUT2D eigenvalue weighted by Crippen LogP contribution is -2.33. The number of nitrogens with zero attached hydrogens (tertiary/aromatic N) is 1. The van der Waals surface area contributed by atoms with Crippen molar-refractivity contribution in [2.24, 2.45) is 5.92 Å². The number of amides is 1. The van der Waals surface area contributed by atoms with Crippen LogP contribution >= 0.6 is 11.3 Å². The first-order chi connectivity index (χ1) is 11.0. The number of sulfonamides is 1. The predicted octanol–water partition coefficient (Wildman–Crippen LogP) is 1.57. The van der Waals surface area contributed by atoms with Crippen LogP contribution in [0.5, 0.6) is 0 Å². The highest BCUT2D eigenvalue weighted by molar-refractivity contribution is 7.91. The van der Waals surface area contributed by atoms with Gasteiger partial charge in [-0.2, -0.15) is 4.31 Å². The summed E-state index contributed by atoms with van der Waals surface area (Å²) in [5.41, 5.74) is 0. The van der Waals surface area contributed by atoms with E-state index in [1.54, 1.807) is 16.4 Å². The standard InChI is InChI=1S/C15H22N2O4S2/c1-11-13(6-9-21-11)15(18)16-10-12-4-5-14(22-12)23(19,20)17-7-2-3-8-17/h4-5,11,13H,2-3,6-10H2,1H3,(H,16,18). The van der Waals surface area contributed by atoms with E-state index in [0.717, 1.165) is 24.1 Å². The van der Waals surface area contributed by atoms with Crippen molar-refractivity contribution in [1.29, 1.82) is 0 Å². The molecule has 6 nitrogen and oxygen atoms in total. The van der Waals surface area contributed by atoms with Gasteiger partial charge in [-0.05, 0) is 38.3 Å². The van der Waals surface area contributed by atoms with Crippen LogP contribution in [0.25, 0.3) is 0 Å². The molecule has 0 bridgehead atoms. The molecular formula is C15H22N2O4S2. The molecule has 0 aliphatic carbocycles. The zero-order valence-electron chi connectivity index (χ0n) is 13.2. The molecule has 2 aliphatic rings. The van der Waals surface area contributed by atoms with Crippen LogP contribution in [-0.4, -0.2) is 44.4 Å². The van der Waals surface area contributed by atoms with Crippen molar-refractivity contribution in [2.45, 2.75) is 43.0 Å². The molecule has 1 aromatic heterocycles. The molecule has 1 amide bonds. The molecule has 2 atom stereocenters. The van der Waals surface area contributed by atoms with Gasteiger partial charge in [0, 0.05) is 24.6 Å². The van der Waals surface area contributed by atoms with Gasteiger partial charge in [0.2, 0.25) is 5.91 Å². The summed E-state index contributed by atoms with van der Waals surface area (Å²) in [4.78, 5) is 13.0. The zero-order valence-corrected chi connectivity index (χ0v) is 14.8. The van der Waals surface area contributed by atoms with Gasteiger partial charge in [0.05, 0.1) is 18.6 Å². The van der Waals surface area contributed by atoms with Crippen molar-refractivity contribution in [3.63, 3.8) is 0 Å². The van der Waals surface area contributed by atoms with E-state index in [9.17, 15) is 13.2 Å². The average molecular weight is 358 g/mol. The number of carbonyl (C=O) groups is 1. The predicted molar refractivity (Wildman–Crippen MR) is 87.7 cm³/mol. The van der Waals surface area contributed by atoms with Crippen LogP contribution in [0.2, 0.25) is 0 Å². The van der Waals surface area contributed by atoms with E-state index in [1.165, 1.54) is 11.3 Å². The number of hydrogen-bond donors (Lipinski definition) is 1. The smallest absolute Gasteiger partial charge is 0.252 e. The lowest BCUT2D eigenvalue weighted by molar-refractivity contribution is -0.126. The van der Waals surface area contributed by atoms with Gasteiger partial charge in [-0.3, -0.25) is 4.79 Å². The molecule has 0 saturated carbocycles. The molecule has 1 N–H and O–H groups in total. The summed E-state index contributed by atoms with van der Waals surface area (Å²) in [6.07, 6.45) is 2.54. The normalized spacial score (nSPS) is 25.8. The van der Waals surface area contributed by atoms with Crippen LogP contribution in [0.4, 0.5) is 0 Å². The Morgan fingerprint density at radius 2 is 2.13 bits per heavy atom. The highest BCUT2D eigenvalue weighted by atomic mass is 32.2. The van der Waals surface area contributed by atoms with Crippen LogP contribution in [0.1, 0.15) is 31.1 Å². The van der Waals surface area contributed by atoms with E-state index in [1.807, 2.05) is 6.92 Å². The van der Waals surface area contributed by atoms with Crippen molar-refractivity contribution in [3.05, 3.63) is 17.0 Å². The van der Waals surface area contributed by atoms with Crippen molar-refractivity contribution < 1.29 is 17.9 Å². The van der Waals surface area contributed by atoms with Crippen LogP contribution in [-0.2, 0) is 26.1 Å². The maximum absolute atomic E-state index is 12.5. The van der Waals surface area contributed by atoms with Gasteiger partial charge in [-0.1, -0.05) is 0 Å². The van der Waals surface area contributed by atoms with Crippen LogP contribution in [0.3, 0.4) is 0 Å². The Hall–Kier alpha value is -0.960. The summed E-state index contributed by atoms with van der Waals surface area (Å²) in [6, 6.07) is 3.42. The van der Waals surface area contributed by atoms with Crippen molar-refractivity contribution in [3.8, 4) is 0 Å². The van der Waals surface area contributed by atoms with Crippen molar-refractivity contribution >= 4 is 27.3 Å². The summed E-state index contributed by atoms with van der Waals surface area (Å²) < 4.78 is 32.2. The van der Waals surface area contributed by atoms with Crippen molar-refractivity contribution in [2.75, 3.05) is 19.7 Å². The highest BCUT2D eigenvalue weighted by Crippen LogP contribution is 2.27. The monoisotopic (exact) mass is 358 g/mol. The van der Waals surface area contributed by atoms with E-state index in [2.05, 4.69) is 5.32 Å². The highest BCUT2D eigenvalue weighted by Gasteiger charge is 2.31. The van der Waals surface area contributed by atoms with E-state index < -0.39 is 10.0 Å². The van der Waals surface area contributed by atoms with Gasteiger partial charge < -0.3 is 10.1 Å². The third-order valence-electron chi connectivity index (χ3n) is 4.45. The molecule has 1 aromatic rings. The van der Waals surface area contributed by atoms with E-state index in [-0.39, 0.29) is 17.9 Å². The second-order valence-corrected chi connectivity index (χ2v) is 9.35. The first-order valence-electron chi connectivity index (χ1n) is 7.96. The maximum Gasteiger partial charge on any atom is 0.252 e. The number of rotatable bonds is 5. The molecule has 3 heterocycles. The van der Waals surface area contributed by atoms with Gasteiger partial charge in [0.25, 0.3) is 10.0 Å². The second-order valence-electron chi connectivity index (χ2n) is 6.02. The second kappa shape index (κ2) is 6.88. The number of carbonyl (C=O) groups excluding carboxylic acids is 1. The molecule has 2 aliphatic heterocycles. The Kier molecular flexibility index (Phi) is 5.05. The Balaban J connectivity index is 1.60. The van der Waals surface area contributed by atoms with Gasteiger partial charge in [-0.25, -0.2) is 8.42 Å². The molecule has 128 valence electrons. The summed E-state index contributed by atoms with van der Waals surface area (Å²) in [5, 5.41) is 2.89. The van der Waals surface area contributed by atoms with Crippen molar-refractivity contribution in [1.82, 2.24) is 9.62 Å².